The molecule has 0 aliphatic carbocycles. The first-order valence-corrected chi connectivity index (χ1v) is 6.38. The SMILES string of the molecule is CC1(C)CCN(Cc2nnsc2NN)CC1. The number of nitrogens with two attached hydrogens (primary N) is 1. The summed E-state index contributed by atoms with van der Waals surface area (Å²) in [6.45, 7) is 7.79. The van der Waals surface area contributed by atoms with E-state index in [2.05, 4.69) is 33.8 Å². The van der Waals surface area contributed by atoms with Gasteiger partial charge in [0.2, 0.25) is 0 Å². The molecule has 0 bridgehead atoms. The van der Waals surface area contributed by atoms with E-state index < -0.39 is 0 Å². The summed E-state index contributed by atoms with van der Waals surface area (Å²) in [5.74, 6) is 5.41. The van der Waals surface area contributed by atoms with Gasteiger partial charge in [0, 0.05) is 18.1 Å². The van der Waals surface area contributed by atoms with Crippen LogP contribution in [0.4, 0.5) is 5.00 Å². The molecule has 1 aromatic rings. The average Bonchev–Trinajstić information content (AvgIpc) is 2.68. The van der Waals surface area contributed by atoms with E-state index in [0.717, 1.165) is 30.3 Å². The molecule has 1 fully saturated rings. The van der Waals surface area contributed by atoms with Gasteiger partial charge in [0.15, 0.2) is 0 Å². The van der Waals surface area contributed by atoms with Crippen LogP contribution < -0.4 is 11.3 Å². The summed E-state index contributed by atoms with van der Waals surface area (Å²) in [5.41, 5.74) is 4.11. The smallest absolute Gasteiger partial charge is 0.148 e. The van der Waals surface area contributed by atoms with Crippen LogP contribution in [0.15, 0.2) is 0 Å². The molecule has 3 N–H and O–H groups in total. The van der Waals surface area contributed by atoms with E-state index in [9.17, 15) is 0 Å². The van der Waals surface area contributed by atoms with Crippen LogP contribution in [-0.2, 0) is 6.54 Å². The lowest BCUT2D eigenvalue weighted by atomic mass is 9.83. The molecule has 0 radical (unpaired) electrons. The lowest BCUT2D eigenvalue weighted by Crippen LogP contribution is -2.37. The predicted molar refractivity (Wildman–Crippen MR) is 66.0 cm³/mol. The van der Waals surface area contributed by atoms with Gasteiger partial charge < -0.3 is 5.43 Å². The molecule has 0 spiro atoms. The number of likely N-dealkylation sites (tertiary alicyclic amines) is 1. The van der Waals surface area contributed by atoms with Crippen LogP contribution in [0, 0.1) is 5.41 Å². The number of nitrogens with one attached hydrogen (secondary N) is 1. The molecule has 16 heavy (non-hydrogen) atoms. The van der Waals surface area contributed by atoms with Gasteiger partial charge in [-0.2, -0.15) is 0 Å². The number of hydrazine groups is 1. The van der Waals surface area contributed by atoms with Crippen molar-refractivity contribution in [2.75, 3.05) is 18.5 Å². The van der Waals surface area contributed by atoms with E-state index in [1.807, 2.05) is 0 Å². The highest BCUT2D eigenvalue weighted by Gasteiger charge is 2.26. The monoisotopic (exact) mass is 241 g/mol. The number of nitrogen functional groups attached to an aromatic ring is 1. The first-order chi connectivity index (χ1) is 7.61. The predicted octanol–water partition coefficient (Wildman–Crippen LogP) is 1.45. The molecule has 2 heterocycles. The Morgan fingerprint density at radius 3 is 2.75 bits per heavy atom. The minimum atomic E-state index is 0.492. The van der Waals surface area contributed by atoms with Crippen LogP contribution >= 0.6 is 11.5 Å². The van der Waals surface area contributed by atoms with Gasteiger partial charge in [-0.1, -0.05) is 18.3 Å². The minimum absolute atomic E-state index is 0.492. The highest BCUT2D eigenvalue weighted by molar-refractivity contribution is 7.10. The molecule has 0 atom stereocenters. The summed E-state index contributed by atoms with van der Waals surface area (Å²) in [7, 11) is 0. The maximum atomic E-state index is 5.41. The fourth-order valence-electron chi connectivity index (χ4n) is 1.95. The second-order valence-electron chi connectivity index (χ2n) is 5.13. The van der Waals surface area contributed by atoms with Crippen molar-refractivity contribution in [1.29, 1.82) is 0 Å². The highest BCUT2D eigenvalue weighted by Crippen LogP contribution is 2.30. The summed E-state index contributed by atoms with van der Waals surface area (Å²) in [5, 5.41) is 4.98. The quantitative estimate of drug-likeness (QED) is 0.619. The largest absolute Gasteiger partial charge is 0.313 e. The molecule has 90 valence electrons. The van der Waals surface area contributed by atoms with Crippen LogP contribution in [-0.4, -0.2) is 27.6 Å². The molecule has 1 aromatic heterocycles. The van der Waals surface area contributed by atoms with E-state index in [-0.39, 0.29) is 0 Å². The number of anilines is 1. The average molecular weight is 241 g/mol. The number of hydrogen-bond acceptors (Lipinski definition) is 6. The Hall–Kier alpha value is -0.720. The van der Waals surface area contributed by atoms with Crippen LogP contribution in [0.1, 0.15) is 32.4 Å². The topological polar surface area (TPSA) is 67.1 Å². The molecule has 6 heteroatoms. The standard InChI is InChI=1S/C10H19N5S/c1-10(2)3-5-15(6-4-10)7-8-9(12-11)16-14-13-8/h12H,3-7,11H2,1-2H3. The number of nitrogens with zero attached hydrogens (tertiary/aromatic N) is 3. The van der Waals surface area contributed by atoms with E-state index in [1.54, 1.807) is 0 Å². The summed E-state index contributed by atoms with van der Waals surface area (Å²) in [6.07, 6.45) is 2.49. The maximum absolute atomic E-state index is 5.41. The van der Waals surface area contributed by atoms with Crippen molar-refractivity contribution in [3.8, 4) is 0 Å². The Morgan fingerprint density at radius 1 is 1.44 bits per heavy atom. The molecule has 0 unspecified atom stereocenters. The summed E-state index contributed by atoms with van der Waals surface area (Å²) in [4.78, 5) is 2.42. The van der Waals surface area contributed by atoms with Crippen molar-refractivity contribution in [2.45, 2.75) is 33.2 Å². The lowest BCUT2D eigenvalue weighted by molar-refractivity contribution is 0.126. The third-order valence-electron chi connectivity index (χ3n) is 3.27. The summed E-state index contributed by atoms with van der Waals surface area (Å²) in [6, 6.07) is 0. The van der Waals surface area contributed by atoms with Gasteiger partial charge in [0.1, 0.15) is 10.7 Å². The third kappa shape index (κ3) is 2.69. The van der Waals surface area contributed by atoms with Crippen molar-refractivity contribution in [1.82, 2.24) is 14.5 Å². The summed E-state index contributed by atoms with van der Waals surface area (Å²) < 4.78 is 3.91. The van der Waals surface area contributed by atoms with E-state index in [1.165, 1.54) is 24.4 Å². The van der Waals surface area contributed by atoms with Crippen LogP contribution in [0.5, 0.6) is 0 Å². The Bertz CT molecular complexity index is 339. The molecule has 1 aliphatic heterocycles. The molecule has 0 saturated carbocycles. The number of rotatable bonds is 3. The third-order valence-corrected chi connectivity index (χ3v) is 3.97. The van der Waals surface area contributed by atoms with E-state index in [4.69, 9.17) is 5.84 Å². The van der Waals surface area contributed by atoms with Gasteiger partial charge in [0.05, 0.1) is 0 Å². The van der Waals surface area contributed by atoms with E-state index >= 15 is 0 Å². The van der Waals surface area contributed by atoms with Crippen molar-refractivity contribution in [3.63, 3.8) is 0 Å². The van der Waals surface area contributed by atoms with Gasteiger partial charge >= 0.3 is 0 Å². The van der Waals surface area contributed by atoms with Gasteiger partial charge in [-0.3, -0.25) is 4.90 Å². The molecule has 0 aromatic carbocycles. The van der Waals surface area contributed by atoms with Crippen molar-refractivity contribution >= 4 is 16.5 Å². The zero-order valence-corrected chi connectivity index (χ0v) is 10.7. The van der Waals surface area contributed by atoms with Crippen molar-refractivity contribution in [2.24, 2.45) is 11.3 Å². The van der Waals surface area contributed by atoms with Gasteiger partial charge in [-0.25, -0.2) is 5.84 Å². The minimum Gasteiger partial charge on any atom is -0.313 e. The number of hydrogen-bond donors (Lipinski definition) is 2. The first-order valence-electron chi connectivity index (χ1n) is 5.61. The molecule has 0 amide bonds. The molecular weight excluding hydrogens is 222 g/mol. The normalized spacial score (nSPS) is 20.9. The zero-order valence-electron chi connectivity index (χ0n) is 9.86. The number of aromatic nitrogens is 2. The zero-order chi connectivity index (χ0) is 11.6. The second kappa shape index (κ2) is 4.65. The van der Waals surface area contributed by atoms with Gasteiger partial charge in [0.25, 0.3) is 0 Å². The van der Waals surface area contributed by atoms with Crippen LogP contribution in [0.2, 0.25) is 0 Å². The summed E-state index contributed by atoms with van der Waals surface area (Å²) >= 11 is 1.31. The molecule has 2 rings (SSSR count). The van der Waals surface area contributed by atoms with Crippen molar-refractivity contribution in [3.05, 3.63) is 5.69 Å². The van der Waals surface area contributed by atoms with Crippen LogP contribution in [0.25, 0.3) is 0 Å². The second-order valence-corrected chi connectivity index (χ2v) is 5.89. The van der Waals surface area contributed by atoms with Crippen molar-refractivity contribution < 1.29 is 0 Å². The van der Waals surface area contributed by atoms with Gasteiger partial charge in [-0.15, -0.1) is 5.10 Å². The van der Waals surface area contributed by atoms with E-state index in [0.29, 0.717) is 5.41 Å². The first kappa shape index (κ1) is 11.8. The lowest BCUT2D eigenvalue weighted by Gasteiger charge is -2.36. The Balaban J connectivity index is 1.92. The van der Waals surface area contributed by atoms with Crippen LogP contribution in [0.3, 0.4) is 0 Å². The highest BCUT2D eigenvalue weighted by atomic mass is 32.1. The Morgan fingerprint density at radius 2 is 2.12 bits per heavy atom. The Kier molecular flexibility index (Phi) is 3.41. The fourth-order valence-corrected chi connectivity index (χ4v) is 2.43. The molecule has 5 nitrogen and oxygen atoms in total. The maximum Gasteiger partial charge on any atom is 0.148 e. The van der Waals surface area contributed by atoms with Gasteiger partial charge in [-0.05, 0) is 31.3 Å². The molecular formula is C10H19N5S. The number of piperidine rings is 1. The molecule has 1 aliphatic rings. The molecule has 1 saturated heterocycles. The Labute approximate surface area is 100 Å². The fraction of sp³-hybridized carbons (Fsp3) is 0.800.